The number of piperidine rings is 1. The molecule has 5 rings (SSSR count). The van der Waals surface area contributed by atoms with Crippen molar-refractivity contribution in [2.75, 3.05) is 30.0 Å². The summed E-state index contributed by atoms with van der Waals surface area (Å²) in [4.78, 5) is 30.8. The second kappa shape index (κ2) is 7.26. The third-order valence-corrected chi connectivity index (χ3v) is 6.13. The minimum absolute atomic E-state index is 0.0575. The molecule has 0 atom stereocenters. The van der Waals surface area contributed by atoms with Gasteiger partial charge in [0.05, 0.1) is 13.3 Å². The van der Waals surface area contributed by atoms with Crippen LogP contribution in [0.3, 0.4) is 0 Å². The van der Waals surface area contributed by atoms with Gasteiger partial charge >= 0.3 is 0 Å². The Morgan fingerprint density at radius 2 is 1.83 bits per heavy atom. The standard InChI is InChI=1S/C20H26N8O2/c1-25-19(29)15-11-23-26(2)18(15)24-20(25)27-8-6-14(7-9-27)28(13-4-5-13)16-10-17(30-3)22-12-21-16/h10-14H,4-9H2,1-3H3. The summed E-state index contributed by atoms with van der Waals surface area (Å²) in [5, 5.41) is 4.74. The van der Waals surface area contributed by atoms with Gasteiger partial charge < -0.3 is 14.5 Å². The second-order valence-corrected chi connectivity index (χ2v) is 8.06. The van der Waals surface area contributed by atoms with Crippen LogP contribution in [-0.2, 0) is 14.1 Å². The van der Waals surface area contributed by atoms with E-state index < -0.39 is 0 Å². The molecule has 4 heterocycles. The van der Waals surface area contributed by atoms with E-state index in [1.807, 2.05) is 13.1 Å². The number of aryl methyl sites for hydroxylation is 1. The van der Waals surface area contributed by atoms with E-state index in [0.29, 0.717) is 34.9 Å². The molecule has 0 N–H and O–H groups in total. The van der Waals surface area contributed by atoms with Gasteiger partial charge in [0, 0.05) is 45.3 Å². The van der Waals surface area contributed by atoms with Crippen molar-refractivity contribution in [3.05, 3.63) is 28.9 Å². The maximum absolute atomic E-state index is 12.7. The Labute approximate surface area is 174 Å². The fraction of sp³-hybridized carbons (Fsp3) is 0.550. The summed E-state index contributed by atoms with van der Waals surface area (Å²) in [6, 6.07) is 2.85. The van der Waals surface area contributed by atoms with Gasteiger partial charge in [-0.1, -0.05) is 0 Å². The van der Waals surface area contributed by atoms with Crippen LogP contribution >= 0.6 is 0 Å². The van der Waals surface area contributed by atoms with E-state index in [-0.39, 0.29) is 5.56 Å². The monoisotopic (exact) mass is 410 g/mol. The molecule has 10 heteroatoms. The van der Waals surface area contributed by atoms with Gasteiger partial charge in [-0.3, -0.25) is 14.0 Å². The van der Waals surface area contributed by atoms with Crippen molar-refractivity contribution in [3.63, 3.8) is 0 Å². The minimum Gasteiger partial charge on any atom is -0.481 e. The van der Waals surface area contributed by atoms with Crippen LogP contribution in [0.2, 0.25) is 0 Å². The molecule has 2 aliphatic rings. The van der Waals surface area contributed by atoms with Crippen molar-refractivity contribution >= 4 is 22.8 Å². The van der Waals surface area contributed by atoms with Gasteiger partial charge in [-0.25, -0.2) is 9.97 Å². The van der Waals surface area contributed by atoms with Crippen molar-refractivity contribution < 1.29 is 4.74 Å². The Kier molecular flexibility index (Phi) is 4.56. The van der Waals surface area contributed by atoms with Crippen LogP contribution in [0.1, 0.15) is 25.7 Å². The molecule has 0 spiro atoms. The number of fused-ring (bicyclic) bond motifs is 1. The van der Waals surface area contributed by atoms with E-state index in [9.17, 15) is 4.79 Å². The van der Waals surface area contributed by atoms with Gasteiger partial charge in [0.15, 0.2) is 5.65 Å². The van der Waals surface area contributed by atoms with Gasteiger partial charge in [-0.2, -0.15) is 10.1 Å². The number of aromatic nitrogens is 6. The van der Waals surface area contributed by atoms with Gasteiger partial charge in [-0.15, -0.1) is 0 Å². The quantitative estimate of drug-likeness (QED) is 0.617. The molecule has 158 valence electrons. The number of hydrogen-bond acceptors (Lipinski definition) is 8. The first kappa shape index (κ1) is 18.8. The third-order valence-electron chi connectivity index (χ3n) is 6.13. The molecular formula is C20H26N8O2. The van der Waals surface area contributed by atoms with Gasteiger partial charge in [0.25, 0.3) is 5.56 Å². The van der Waals surface area contributed by atoms with Gasteiger partial charge in [-0.05, 0) is 25.7 Å². The Morgan fingerprint density at radius 1 is 1.10 bits per heavy atom. The fourth-order valence-corrected chi connectivity index (χ4v) is 4.39. The topological polar surface area (TPSA) is 94.2 Å². The van der Waals surface area contributed by atoms with Crippen molar-refractivity contribution in [1.29, 1.82) is 0 Å². The van der Waals surface area contributed by atoms with Crippen LogP contribution in [0, 0.1) is 0 Å². The Hall–Kier alpha value is -3.17. The highest BCUT2D eigenvalue weighted by atomic mass is 16.5. The molecule has 1 saturated heterocycles. The maximum atomic E-state index is 12.7. The first-order valence-electron chi connectivity index (χ1n) is 10.3. The van der Waals surface area contributed by atoms with Gasteiger partial charge in [0.1, 0.15) is 17.5 Å². The number of anilines is 2. The van der Waals surface area contributed by atoms with E-state index in [4.69, 9.17) is 9.72 Å². The molecular weight excluding hydrogens is 384 g/mol. The number of rotatable bonds is 5. The molecule has 1 aliphatic carbocycles. The predicted octanol–water partition coefficient (Wildman–Crippen LogP) is 1.10. The molecule has 2 fully saturated rings. The lowest BCUT2D eigenvalue weighted by Gasteiger charge is -2.40. The first-order valence-corrected chi connectivity index (χ1v) is 10.3. The highest BCUT2D eigenvalue weighted by molar-refractivity contribution is 5.74. The van der Waals surface area contributed by atoms with E-state index >= 15 is 0 Å². The molecule has 1 aliphatic heterocycles. The molecule has 0 unspecified atom stereocenters. The Balaban J connectivity index is 1.38. The maximum Gasteiger partial charge on any atom is 0.265 e. The molecule has 10 nitrogen and oxygen atoms in total. The lowest BCUT2D eigenvalue weighted by atomic mass is 10.0. The highest BCUT2D eigenvalue weighted by Crippen LogP contribution is 2.36. The van der Waals surface area contributed by atoms with Crippen molar-refractivity contribution in [3.8, 4) is 5.88 Å². The van der Waals surface area contributed by atoms with Crippen LogP contribution in [0.5, 0.6) is 5.88 Å². The normalized spacial score (nSPS) is 17.5. The molecule has 3 aromatic rings. The fourth-order valence-electron chi connectivity index (χ4n) is 4.39. The second-order valence-electron chi connectivity index (χ2n) is 8.06. The zero-order chi connectivity index (χ0) is 20.8. The van der Waals surface area contributed by atoms with E-state index in [1.165, 1.54) is 12.8 Å². The van der Waals surface area contributed by atoms with E-state index in [0.717, 1.165) is 31.7 Å². The summed E-state index contributed by atoms with van der Waals surface area (Å²) in [6.07, 6.45) is 7.50. The number of hydrogen-bond donors (Lipinski definition) is 0. The SMILES string of the molecule is COc1cc(N(C2CC2)C2CCN(c3nc4c(cnn4C)c(=O)n3C)CC2)ncn1. The molecule has 1 saturated carbocycles. The summed E-state index contributed by atoms with van der Waals surface area (Å²) in [6.45, 7) is 1.67. The van der Waals surface area contributed by atoms with Crippen molar-refractivity contribution in [1.82, 2.24) is 29.3 Å². The van der Waals surface area contributed by atoms with Crippen LogP contribution < -0.4 is 20.1 Å². The van der Waals surface area contributed by atoms with Crippen molar-refractivity contribution in [2.45, 2.75) is 37.8 Å². The number of methoxy groups -OCH3 is 1. The van der Waals surface area contributed by atoms with Crippen molar-refractivity contribution in [2.24, 2.45) is 14.1 Å². The molecule has 0 aromatic carbocycles. The van der Waals surface area contributed by atoms with Crippen LogP contribution in [0.25, 0.3) is 11.0 Å². The molecule has 0 amide bonds. The smallest absolute Gasteiger partial charge is 0.265 e. The summed E-state index contributed by atoms with van der Waals surface area (Å²) in [7, 11) is 5.23. The van der Waals surface area contributed by atoms with Gasteiger partial charge in [0.2, 0.25) is 11.8 Å². The first-order chi connectivity index (χ1) is 14.6. The average Bonchev–Trinajstić information content (AvgIpc) is 3.53. The minimum atomic E-state index is -0.0575. The van der Waals surface area contributed by atoms with E-state index in [1.54, 1.807) is 35.9 Å². The molecule has 0 radical (unpaired) electrons. The summed E-state index contributed by atoms with van der Waals surface area (Å²) in [5.41, 5.74) is 0.570. The highest BCUT2D eigenvalue weighted by Gasteiger charge is 2.37. The summed E-state index contributed by atoms with van der Waals surface area (Å²) < 4.78 is 8.59. The van der Waals surface area contributed by atoms with Crippen LogP contribution in [0.4, 0.5) is 11.8 Å². The largest absolute Gasteiger partial charge is 0.481 e. The number of ether oxygens (including phenoxy) is 1. The predicted molar refractivity (Wildman–Crippen MR) is 113 cm³/mol. The third kappa shape index (κ3) is 3.16. The molecule has 3 aromatic heterocycles. The van der Waals surface area contributed by atoms with Crippen LogP contribution in [-0.4, -0.2) is 61.6 Å². The summed E-state index contributed by atoms with van der Waals surface area (Å²) >= 11 is 0. The Morgan fingerprint density at radius 3 is 2.53 bits per heavy atom. The summed E-state index contributed by atoms with van der Waals surface area (Å²) in [5.74, 6) is 2.23. The lowest BCUT2D eigenvalue weighted by Crippen LogP contribution is -2.47. The number of nitrogens with zero attached hydrogens (tertiary/aromatic N) is 8. The molecule has 0 bridgehead atoms. The van der Waals surface area contributed by atoms with Crippen LogP contribution in [0.15, 0.2) is 23.4 Å². The zero-order valence-corrected chi connectivity index (χ0v) is 17.5. The Bertz CT molecular complexity index is 1130. The van der Waals surface area contributed by atoms with E-state index in [2.05, 4.69) is 24.9 Å². The zero-order valence-electron chi connectivity index (χ0n) is 17.5. The molecule has 30 heavy (non-hydrogen) atoms. The average molecular weight is 410 g/mol. The lowest BCUT2D eigenvalue weighted by molar-refractivity contribution is 0.395.